The Hall–Kier alpha value is -1.26. The maximum absolute atomic E-state index is 12.4. The molecule has 1 heterocycles. The smallest absolute Gasteiger partial charge is 0.260 e. The predicted molar refractivity (Wildman–Crippen MR) is 96.6 cm³/mol. The molecule has 1 aromatic carbocycles. The summed E-state index contributed by atoms with van der Waals surface area (Å²) in [4.78, 5) is 14.4. The van der Waals surface area contributed by atoms with Crippen molar-refractivity contribution in [1.82, 2.24) is 10.2 Å². The number of carbonyl (C=O) groups excluding carboxylic acids is 1. The van der Waals surface area contributed by atoms with Crippen LogP contribution in [0.3, 0.4) is 0 Å². The molecule has 0 spiro atoms. The molecule has 1 saturated heterocycles. The monoisotopic (exact) mass is 340 g/mol. The Morgan fingerprint density at radius 3 is 2.57 bits per heavy atom. The van der Waals surface area contributed by atoms with Crippen LogP contribution in [0, 0.1) is 0 Å². The number of hydrogen-bond acceptors (Lipinski definition) is 3. The lowest BCUT2D eigenvalue weighted by Crippen LogP contribution is -2.44. The van der Waals surface area contributed by atoms with Crippen molar-refractivity contribution in [2.75, 3.05) is 26.2 Å². The third-order valence-corrected chi connectivity index (χ3v) is 4.17. The third-order valence-electron chi connectivity index (χ3n) is 4.17. The van der Waals surface area contributed by atoms with Gasteiger partial charge in [0.1, 0.15) is 5.75 Å². The number of rotatable bonds is 7. The lowest BCUT2D eigenvalue weighted by atomic mass is 10.0. The zero-order chi connectivity index (χ0) is 15.9. The first-order chi connectivity index (χ1) is 10.6. The third kappa shape index (κ3) is 5.70. The first kappa shape index (κ1) is 19.8. The topological polar surface area (TPSA) is 41.6 Å². The van der Waals surface area contributed by atoms with Gasteiger partial charge in [-0.1, -0.05) is 32.9 Å². The van der Waals surface area contributed by atoms with E-state index < -0.39 is 0 Å². The summed E-state index contributed by atoms with van der Waals surface area (Å²) in [7, 11) is 0. The van der Waals surface area contributed by atoms with E-state index in [4.69, 9.17) is 4.74 Å². The number of amides is 1. The highest BCUT2D eigenvalue weighted by Crippen LogP contribution is 2.19. The van der Waals surface area contributed by atoms with E-state index in [9.17, 15) is 4.79 Å². The number of hydrogen-bond donors (Lipinski definition) is 1. The van der Waals surface area contributed by atoms with Crippen molar-refractivity contribution < 1.29 is 9.53 Å². The molecule has 1 amide bonds. The maximum atomic E-state index is 12.4. The van der Waals surface area contributed by atoms with E-state index in [0.29, 0.717) is 12.0 Å². The van der Waals surface area contributed by atoms with Gasteiger partial charge in [-0.2, -0.15) is 0 Å². The van der Waals surface area contributed by atoms with Crippen molar-refractivity contribution in [3.8, 4) is 5.75 Å². The summed E-state index contributed by atoms with van der Waals surface area (Å²) in [5.74, 6) is 1.35. The molecule has 1 aromatic rings. The van der Waals surface area contributed by atoms with Crippen LogP contribution in [0.1, 0.15) is 45.1 Å². The van der Waals surface area contributed by atoms with Gasteiger partial charge in [-0.3, -0.25) is 4.79 Å². The minimum Gasteiger partial charge on any atom is -0.484 e. The highest BCUT2D eigenvalue weighted by Gasteiger charge is 2.25. The lowest BCUT2D eigenvalue weighted by molar-refractivity contribution is -0.135. The van der Waals surface area contributed by atoms with Gasteiger partial charge in [0, 0.05) is 19.1 Å². The number of halogens is 1. The van der Waals surface area contributed by atoms with Gasteiger partial charge in [-0.25, -0.2) is 0 Å². The van der Waals surface area contributed by atoms with Crippen molar-refractivity contribution in [3.63, 3.8) is 0 Å². The lowest BCUT2D eigenvalue weighted by Gasteiger charge is -2.28. The van der Waals surface area contributed by atoms with Crippen LogP contribution in [-0.4, -0.2) is 43.1 Å². The fourth-order valence-corrected chi connectivity index (χ4v) is 2.83. The van der Waals surface area contributed by atoms with Crippen LogP contribution in [0.15, 0.2) is 24.3 Å². The predicted octanol–water partition coefficient (Wildman–Crippen LogP) is 3.21. The van der Waals surface area contributed by atoms with Crippen LogP contribution >= 0.6 is 12.4 Å². The molecule has 1 fully saturated rings. The molecule has 0 radical (unpaired) electrons. The van der Waals surface area contributed by atoms with Crippen LogP contribution in [0.2, 0.25) is 0 Å². The molecule has 1 aliphatic heterocycles. The fourth-order valence-electron chi connectivity index (χ4n) is 2.83. The molecule has 1 unspecified atom stereocenters. The Balaban J connectivity index is 0.00000264. The second kappa shape index (κ2) is 9.78. The zero-order valence-electron chi connectivity index (χ0n) is 14.4. The van der Waals surface area contributed by atoms with Crippen LogP contribution in [0.25, 0.3) is 0 Å². The minimum atomic E-state index is 0. The summed E-state index contributed by atoms with van der Waals surface area (Å²) in [6.45, 7) is 9.26. The van der Waals surface area contributed by atoms with E-state index in [1.807, 2.05) is 17.0 Å². The molecule has 0 aliphatic carbocycles. The number of nitrogens with zero attached hydrogens (tertiary/aromatic N) is 1. The maximum Gasteiger partial charge on any atom is 0.260 e. The van der Waals surface area contributed by atoms with Gasteiger partial charge in [-0.15, -0.1) is 12.4 Å². The Kier molecular flexibility index (Phi) is 8.42. The molecular weight excluding hydrogens is 312 g/mol. The molecule has 0 saturated carbocycles. The first-order valence-corrected chi connectivity index (χ1v) is 8.34. The average molecular weight is 341 g/mol. The molecule has 0 aromatic heterocycles. The van der Waals surface area contributed by atoms with Gasteiger partial charge < -0.3 is 15.0 Å². The summed E-state index contributed by atoms with van der Waals surface area (Å²) < 4.78 is 5.68. The van der Waals surface area contributed by atoms with Gasteiger partial charge in [-0.05, 0) is 43.0 Å². The van der Waals surface area contributed by atoms with Gasteiger partial charge >= 0.3 is 0 Å². The summed E-state index contributed by atoms with van der Waals surface area (Å²) in [5.41, 5.74) is 1.28. The Labute approximate surface area is 146 Å². The molecule has 0 bridgehead atoms. The van der Waals surface area contributed by atoms with Crippen molar-refractivity contribution in [3.05, 3.63) is 29.8 Å². The SMILES string of the molecule is CCCN(C(=O)COc1ccc(C(C)C)cc1)C1CCNC1.Cl. The molecule has 1 atom stereocenters. The summed E-state index contributed by atoms with van der Waals surface area (Å²) in [6.07, 6.45) is 2.01. The summed E-state index contributed by atoms with van der Waals surface area (Å²) in [5, 5.41) is 3.32. The molecule has 5 heteroatoms. The van der Waals surface area contributed by atoms with Crippen molar-refractivity contribution in [1.29, 1.82) is 0 Å². The molecule has 23 heavy (non-hydrogen) atoms. The highest BCUT2D eigenvalue weighted by atomic mass is 35.5. The van der Waals surface area contributed by atoms with Gasteiger partial charge in [0.2, 0.25) is 0 Å². The molecule has 1 aliphatic rings. The average Bonchev–Trinajstić information content (AvgIpc) is 3.04. The van der Waals surface area contributed by atoms with Crippen LogP contribution in [-0.2, 0) is 4.79 Å². The van der Waals surface area contributed by atoms with Crippen molar-refractivity contribution in [2.45, 2.75) is 45.6 Å². The minimum absolute atomic E-state index is 0. The Morgan fingerprint density at radius 2 is 2.04 bits per heavy atom. The second-order valence-corrected chi connectivity index (χ2v) is 6.25. The van der Waals surface area contributed by atoms with Crippen molar-refractivity contribution >= 4 is 18.3 Å². The first-order valence-electron chi connectivity index (χ1n) is 8.34. The largest absolute Gasteiger partial charge is 0.484 e. The standard InChI is InChI=1S/C18H28N2O2.ClH/c1-4-11-20(16-9-10-19-12-16)18(21)13-22-17-7-5-15(6-8-17)14(2)3;/h5-8,14,16,19H,4,9-13H2,1-3H3;1H. The number of ether oxygens (including phenoxy) is 1. The summed E-state index contributed by atoms with van der Waals surface area (Å²) in [6, 6.07) is 8.34. The van der Waals surface area contributed by atoms with E-state index in [1.54, 1.807) is 0 Å². The van der Waals surface area contributed by atoms with Gasteiger partial charge in [0.05, 0.1) is 0 Å². The number of nitrogens with one attached hydrogen (secondary N) is 1. The fraction of sp³-hybridized carbons (Fsp3) is 0.611. The highest BCUT2D eigenvalue weighted by molar-refractivity contribution is 5.85. The molecule has 2 rings (SSSR count). The Morgan fingerprint density at radius 1 is 1.35 bits per heavy atom. The van der Waals surface area contributed by atoms with Gasteiger partial charge in [0.15, 0.2) is 6.61 Å². The number of benzene rings is 1. The summed E-state index contributed by atoms with van der Waals surface area (Å²) >= 11 is 0. The quantitative estimate of drug-likeness (QED) is 0.828. The van der Waals surface area contributed by atoms with Crippen LogP contribution < -0.4 is 10.1 Å². The van der Waals surface area contributed by atoms with E-state index in [-0.39, 0.29) is 24.9 Å². The van der Waals surface area contributed by atoms with E-state index in [2.05, 4.69) is 38.2 Å². The molecular formula is C18H29ClN2O2. The zero-order valence-corrected chi connectivity index (χ0v) is 15.2. The number of carbonyl (C=O) groups is 1. The molecule has 130 valence electrons. The van der Waals surface area contributed by atoms with E-state index >= 15 is 0 Å². The van der Waals surface area contributed by atoms with Gasteiger partial charge in [0.25, 0.3) is 5.91 Å². The van der Waals surface area contributed by atoms with Crippen molar-refractivity contribution in [2.24, 2.45) is 0 Å². The Bertz CT molecular complexity index is 470. The van der Waals surface area contributed by atoms with Crippen LogP contribution in [0.4, 0.5) is 0 Å². The van der Waals surface area contributed by atoms with E-state index in [0.717, 1.165) is 38.2 Å². The molecule has 4 nitrogen and oxygen atoms in total. The normalized spacial score (nSPS) is 17.0. The second-order valence-electron chi connectivity index (χ2n) is 6.25. The molecule has 1 N–H and O–H groups in total. The van der Waals surface area contributed by atoms with E-state index in [1.165, 1.54) is 5.56 Å². The van der Waals surface area contributed by atoms with Crippen LogP contribution in [0.5, 0.6) is 5.75 Å².